The molecule has 4 rings (SSSR count). The van der Waals surface area contributed by atoms with Gasteiger partial charge in [0.05, 0.1) is 10.2 Å². The van der Waals surface area contributed by atoms with Gasteiger partial charge >= 0.3 is 0 Å². The molecule has 0 spiro atoms. The molecule has 1 aromatic heterocycles. The third-order valence-corrected chi connectivity index (χ3v) is 6.63. The summed E-state index contributed by atoms with van der Waals surface area (Å²) in [7, 11) is 0. The van der Waals surface area contributed by atoms with Gasteiger partial charge in [0.2, 0.25) is 11.8 Å². The van der Waals surface area contributed by atoms with Gasteiger partial charge in [0.1, 0.15) is 5.82 Å². The number of aromatic nitrogens is 1. The molecule has 28 heavy (non-hydrogen) atoms. The summed E-state index contributed by atoms with van der Waals surface area (Å²) in [5, 5.41) is 3.92. The van der Waals surface area contributed by atoms with Crippen LogP contribution in [0, 0.1) is 11.7 Å². The van der Waals surface area contributed by atoms with Crippen molar-refractivity contribution in [2.75, 3.05) is 37.6 Å². The maximum absolute atomic E-state index is 13.4. The third-order valence-electron chi connectivity index (χ3n) is 5.55. The highest BCUT2D eigenvalue weighted by molar-refractivity contribution is 7.22. The zero-order valence-electron chi connectivity index (χ0n) is 15.8. The van der Waals surface area contributed by atoms with Crippen molar-refractivity contribution in [2.45, 2.75) is 32.1 Å². The van der Waals surface area contributed by atoms with Gasteiger partial charge in [0.15, 0.2) is 5.13 Å². The number of hydrogen-bond donors (Lipinski definition) is 1. The molecule has 0 saturated carbocycles. The van der Waals surface area contributed by atoms with Crippen LogP contribution in [0.25, 0.3) is 10.2 Å². The molecule has 1 aromatic carbocycles. The Kier molecular flexibility index (Phi) is 5.75. The number of piperidine rings is 1. The molecule has 8 heteroatoms. The number of fused-ring (bicyclic) bond motifs is 1. The smallest absolute Gasteiger partial charge is 0.223 e. The topological polar surface area (TPSA) is 65.5 Å². The molecule has 3 heterocycles. The lowest BCUT2D eigenvalue weighted by Gasteiger charge is -2.31. The first-order chi connectivity index (χ1) is 13.6. The van der Waals surface area contributed by atoms with E-state index in [0.29, 0.717) is 13.0 Å². The average molecular weight is 405 g/mol. The number of rotatable bonds is 6. The molecule has 2 aromatic rings. The van der Waals surface area contributed by atoms with Crippen LogP contribution in [0.5, 0.6) is 0 Å². The summed E-state index contributed by atoms with van der Waals surface area (Å²) < 4.78 is 14.2. The maximum Gasteiger partial charge on any atom is 0.223 e. The van der Waals surface area contributed by atoms with Crippen LogP contribution in [0.3, 0.4) is 0 Å². The van der Waals surface area contributed by atoms with Crippen LogP contribution in [0.15, 0.2) is 18.2 Å². The zero-order valence-corrected chi connectivity index (χ0v) is 16.6. The number of likely N-dealkylation sites (tertiary alicyclic amines) is 1. The van der Waals surface area contributed by atoms with E-state index >= 15 is 0 Å². The number of amides is 2. The molecule has 6 nitrogen and oxygen atoms in total. The maximum atomic E-state index is 13.4. The Morgan fingerprint density at radius 2 is 2.11 bits per heavy atom. The number of nitrogens with zero attached hydrogens (tertiary/aromatic N) is 3. The molecular formula is C20H25FN4O2S. The minimum Gasteiger partial charge on any atom is -0.356 e. The lowest BCUT2D eigenvalue weighted by molar-refractivity contribution is -0.127. The Morgan fingerprint density at radius 3 is 2.86 bits per heavy atom. The predicted octanol–water partition coefficient (Wildman–Crippen LogP) is 2.78. The second-order valence-electron chi connectivity index (χ2n) is 7.50. The molecule has 2 aliphatic rings. The van der Waals surface area contributed by atoms with E-state index in [1.165, 1.54) is 23.5 Å². The van der Waals surface area contributed by atoms with Crippen molar-refractivity contribution in [1.82, 2.24) is 15.2 Å². The zero-order chi connectivity index (χ0) is 19.5. The molecular weight excluding hydrogens is 379 g/mol. The number of halogens is 1. The van der Waals surface area contributed by atoms with Gasteiger partial charge in [-0.2, -0.15) is 0 Å². The average Bonchev–Trinajstić information content (AvgIpc) is 3.30. The molecule has 2 aliphatic heterocycles. The number of hydrogen-bond acceptors (Lipinski definition) is 5. The van der Waals surface area contributed by atoms with E-state index in [-0.39, 0.29) is 23.5 Å². The number of carbonyl (C=O) groups excluding carboxylic acids is 2. The van der Waals surface area contributed by atoms with Crippen LogP contribution >= 0.6 is 11.3 Å². The van der Waals surface area contributed by atoms with Crippen LogP contribution < -0.4 is 10.2 Å². The largest absolute Gasteiger partial charge is 0.356 e. The fourth-order valence-corrected chi connectivity index (χ4v) is 4.96. The lowest BCUT2D eigenvalue weighted by Crippen LogP contribution is -2.41. The van der Waals surface area contributed by atoms with Gasteiger partial charge in [0.25, 0.3) is 0 Å². The van der Waals surface area contributed by atoms with E-state index < -0.39 is 0 Å². The van der Waals surface area contributed by atoms with Crippen molar-refractivity contribution in [3.63, 3.8) is 0 Å². The van der Waals surface area contributed by atoms with Crippen molar-refractivity contribution in [3.05, 3.63) is 24.0 Å². The van der Waals surface area contributed by atoms with Gasteiger partial charge in [-0.15, -0.1) is 0 Å². The number of benzene rings is 1. The van der Waals surface area contributed by atoms with E-state index in [0.717, 1.165) is 67.2 Å². The Morgan fingerprint density at radius 1 is 1.29 bits per heavy atom. The number of thiazole rings is 1. The van der Waals surface area contributed by atoms with Crippen LogP contribution in [-0.2, 0) is 9.59 Å². The van der Waals surface area contributed by atoms with E-state index in [4.69, 9.17) is 0 Å². The quantitative estimate of drug-likeness (QED) is 0.752. The lowest BCUT2D eigenvalue weighted by atomic mass is 9.96. The van der Waals surface area contributed by atoms with Gasteiger partial charge in [0, 0.05) is 45.1 Å². The normalized spacial score (nSPS) is 18.2. The molecule has 0 bridgehead atoms. The highest BCUT2D eigenvalue weighted by atomic mass is 32.1. The summed E-state index contributed by atoms with van der Waals surface area (Å²) in [6.45, 7) is 3.76. The fourth-order valence-electron chi connectivity index (χ4n) is 3.92. The highest BCUT2D eigenvalue weighted by Gasteiger charge is 2.26. The van der Waals surface area contributed by atoms with E-state index in [1.807, 2.05) is 4.90 Å². The minimum atomic E-state index is -0.243. The summed E-state index contributed by atoms with van der Waals surface area (Å²) in [5.41, 5.74) is 0.817. The van der Waals surface area contributed by atoms with Gasteiger partial charge < -0.3 is 15.1 Å². The molecule has 0 aliphatic carbocycles. The van der Waals surface area contributed by atoms with Crippen molar-refractivity contribution in [2.24, 2.45) is 5.92 Å². The van der Waals surface area contributed by atoms with Crippen LogP contribution in [0.1, 0.15) is 32.1 Å². The first kappa shape index (κ1) is 19.1. The summed E-state index contributed by atoms with van der Waals surface area (Å²) in [5.74, 6) is 0.124. The molecule has 0 unspecified atom stereocenters. The molecule has 2 saturated heterocycles. The van der Waals surface area contributed by atoms with Gasteiger partial charge in [-0.1, -0.05) is 11.3 Å². The van der Waals surface area contributed by atoms with E-state index in [2.05, 4.69) is 15.2 Å². The van der Waals surface area contributed by atoms with E-state index in [9.17, 15) is 14.0 Å². The van der Waals surface area contributed by atoms with Crippen LogP contribution in [0.4, 0.5) is 9.52 Å². The fraction of sp³-hybridized carbons (Fsp3) is 0.550. The van der Waals surface area contributed by atoms with Crippen molar-refractivity contribution >= 4 is 38.5 Å². The second-order valence-corrected chi connectivity index (χ2v) is 8.51. The Hall–Kier alpha value is -2.22. The monoisotopic (exact) mass is 404 g/mol. The van der Waals surface area contributed by atoms with Gasteiger partial charge in [-0.3, -0.25) is 9.59 Å². The van der Waals surface area contributed by atoms with Crippen molar-refractivity contribution < 1.29 is 14.0 Å². The summed E-state index contributed by atoms with van der Waals surface area (Å²) in [6, 6.07) is 4.66. The van der Waals surface area contributed by atoms with Crippen LogP contribution in [0.2, 0.25) is 0 Å². The molecule has 0 atom stereocenters. The molecule has 2 fully saturated rings. The van der Waals surface area contributed by atoms with Crippen molar-refractivity contribution in [1.29, 1.82) is 0 Å². The van der Waals surface area contributed by atoms with Gasteiger partial charge in [-0.25, -0.2) is 9.37 Å². The number of anilines is 1. The third kappa shape index (κ3) is 4.27. The number of carbonyl (C=O) groups is 2. The second kappa shape index (κ2) is 8.43. The predicted molar refractivity (Wildman–Crippen MR) is 108 cm³/mol. The number of nitrogens with one attached hydrogen (secondary N) is 1. The van der Waals surface area contributed by atoms with Crippen LogP contribution in [-0.4, -0.2) is 54.4 Å². The van der Waals surface area contributed by atoms with E-state index in [1.54, 1.807) is 6.07 Å². The van der Waals surface area contributed by atoms with Crippen molar-refractivity contribution in [3.8, 4) is 0 Å². The first-order valence-corrected chi connectivity index (χ1v) is 10.8. The summed E-state index contributed by atoms with van der Waals surface area (Å²) in [4.78, 5) is 32.7. The SMILES string of the molecule is O=C(NCCCN1CCCC1=O)C1CCN(c2nc3ccc(F)cc3s2)CC1. The van der Waals surface area contributed by atoms with Gasteiger partial charge in [-0.05, 0) is 43.9 Å². The first-order valence-electron chi connectivity index (χ1n) is 9.97. The Bertz CT molecular complexity index is 863. The molecule has 0 radical (unpaired) electrons. The Balaban J connectivity index is 1.22. The summed E-state index contributed by atoms with van der Waals surface area (Å²) >= 11 is 1.50. The molecule has 2 amide bonds. The minimum absolute atomic E-state index is 0.0245. The highest BCUT2D eigenvalue weighted by Crippen LogP contribution is 2.31. The molecule has 1 N–H and O–H groups in total. The standard InChI is InChI=1S/C20H25FN4O2S/c21-15-4-5-16-17(13-15)28-20(23-16)25-11-6-14(7-12-25)19(27)22-8-2-10-24-9-1-3-18(24)26/h4-5,13-14H,1-3,6-12H2,(H,22,27). The Labute approximate surface area is 167 Å². The molecule has 150 valence electrons. The summed E-state index contributed by atoms with van der Waals surface area (Å²) in [6.07, 6.45) is 4.00.